The Balaban J connectivity index is 1.88. The molecule has 0 bridgehead atoms. The Bertz CT molecular complexity index is 446. The van der Waals surface area contributed by atoms with Gasteiger partial charge in [0.1, 0.15) is 5.75 Å². The molecule has 3 heteroatoms. The molecule has 1 saturated heterocycles. The first-order valence-corrected chi connectivity index (χ1v) is 7.42. The molecule has 0 spiro atoms. The highest BCUT2D eigenvalue weighted by Crippen LogP contribution is 2.36. The Morgan fingerprint density at radius 2 is 2.26 bits per heavy atom. The van der Waals surface area contributed by atoms with Crippen molar-refractivity contribution in [2.45, 2.75) is 38.3 Å². The summed E-state index contributed by atoms with van der Waals surface area (Å²) in [5.41, 5.74) is 3.02. The third kappa shape index (κ3) is 2.63. The summed E-state index contributed by atoms with van der Waals surface area (Å²) in [5.74, 6) is 0.994. The summed E-state index contributed by atoms with van der Waals surface area (Å²) in [7, 11) is 1.76. The molecule has 2 unspecified atom stereocenters. The number of fused-ring (bicyclic) bond motifs is 1. The standard InChI is InChI=1S/C16H24N2O/c1-12-11-18(9-8-17-12)16-5-3-4-13-6-7-14(19-2)10-15(13)16/h6-7,10,12,16-17H,3-5,8-9,11H2,1-2H3. The second kappa shape index (κ2) is 5.51. The van der Waals surface area contributed by atoms with Gasteiger partial charge in [0.05, 0.1) is 7.11 Å². The molecule has 0 saturated carbocycles. The number of nitrogens with one attached hydrogen (secondary N) is 1. The lowest BCUT2D eigenvalue weighted by Gasteiger charge is -2.40. The van der Waals surface area contributed by atoms with Crippen molar-refractivity contribution in [2.75, 3.05) is 26.7 Å². The Morgan fingerprint density at radius 1 is 1.37 bits per heavy atom. The van der Waals surface area contributed by atoms with Crippen molar-refractivity contribution >= 4 is 0 Å². The van der Waals surface area contributed by atoms with Gasteiger partial charge in [-0.2, -0.15) is 0 Å². The maximum Gasteiger partial charge on any atom is 0.119 e. The molecule has 2 atom stereocenters. The Labute approximate surface area is 115 Å². The van der Waals surface area contributed by atoms with Crippen LogP contribution in [-0.2, 0) is 6.42 Å². The molecule has 3 rings (SSSR count). The van der Waals surface area contributed by atoms with E-state index in [0.29, 0.717) is 12.1 Å². The number of ether oxygens (including phenoxy) is 1. The molecule has 1 N–H and O–H groups in total. The van der Waals surface area contributed by atoms with Gasteiger partial charge in [-0.3, -0.25) is 4.90 Å². The van der Waals surface area contributed by atoms with Gasteiger partial charge >= 0.3 is 0 Å². The summed E-state index contributed by atoms with van der Waals surface area (Å²) in [4.78, 5) is 2.65. The number of aryl methyl sites for hydroxylation is 1. The minimum atomic E-state index is 0.586. The normalized spacial score (nSPS) is 27.9. The van der Waals surface area contributed by atoms with E-state index in [2.05, 4.69) is 35.3 Å². The Morgan fingerprint density at radius 3 is 3.05 bits per heavy atom. The molecule has 1 heterocycles. The topological polar surface area (TPSA) is 24.5 Å². The maximum absolute atomic E-state index is 5.41. The monoisotopic (exact) mass is 260 g/mol. The number of methoxy groups -OCH3 is 1. The zero-order chi connectivity index (χ0) is 13.2. The molecule has 1 aromatic carbocycles. The molecule has 1 aromatic rings. The molecule has 0 amide bonds. The summed E-state index contributed by atoms with van der Waals surface area (Å²) >= 11 is 0. The second-order valence-electron chi connectivity index (χ2n) is 5.82. The molecule has 0 radical (unpaired) electrons. The predicted octanol–water partition coefficient (Wildman–Crippen LogP) is 2.37. The molecule has 0 aromatic heterocycles. The number of hydrogen-bond donors (Lipinski definition) is 1. The van der Waals surface area contributed by atoms with E-state index in [1.54, 1.807) is 7.11 Å². The van der Waals surface area contributed by atoms with Crippen molar-refractivity contribution in [1.82, 2.24) is 10.2 Å². The Kier molecular flexibility index (Phi) is 3.76. The molecular formula is C16H24N2O. The summed E-state index contributed by atoms with van der Waals surface area (Å²) in [6.07, 6.45) is 3.81. The van der Waals surface area contributed by atoms with Crippen molar-refractivity contribution in [3.8, 4) is 5.75 Å². The molecule has 3 nitrogen and oxygen atoms in total. The number of hydrogen-bond acceptors (Lipinski definition) is 3. The summed E-state index contributed by atoms with van der Waals surface area (Å²) in [5, 5.41) is 3.53. The van der Waals surface area contributed by atoms with Crippen molar-refractivity contribution in [1.29, 1.82) is 0 Å². The number of rotatable bonds is 2. The average Bonchev–Trinajstić information content (AvgIpc) is 2.46. The zero-order valence-electron chi connectivity index (χ0n) is 12.0. The molecule has 1 aliphatic heterocycles. The molecule has 19 heavy (non-hydrogen) atoms. The first kappa shape index (κ1) is 12.9. The van der Waals surface area contributed by atoms with Crippen LogP contribution in [0.25, 0.3) is 0 Å². The summed E-state index contributed by atoms with van der Waals surface area (Å²) in [6, 6.07) is 7.80. The van der Waals surface area contributed by atoms with Gasteiger partial charge in [-0.15, -0.1) is 0 Å². The highest BCUT2D eigenvalue weighted by Gasteiger charge is 2.28. The number of nitrogens with zero attached hydrogens (tertiary/aromatic N) is 1. The predicted molar refractivity (Wildman–Crippen MR) is 77.7 cm³/mol. The second-order valence-corrected chi connectivity index (χ2v) is 5.82. The molecule has 1 fully saturated rings. The van der Waals surface area contributed by atoms with Crippen molar-refractivity contribution in [3.63, 3.8) is 0 Å². The van der Waals surface area contributed by atoms with Crippen LogP contribution in [0, 0.1) is 0 Å². The number of piperazine rings is 1. The fourth-order valence-electron chi connectivity index (χ4n) is 3.50. The SMILES string of the molecule is COc1ccc2c(c1)C(N1CCNC(C)C1)CCC2. The smallest absolute Gasteiger partial charge is 0.119 e. The van der Waals surface area contributed by atoms with E-state index in [-0.39, 0.29) is 0 Å². The van der Waals surface area contributed by atoms with Gasteiger partial charge in [0.2, 0.25) is 0 Å². The summed E-state index contributed by atoms with van der Waals surface area (Å²) < 4.78 is 5.41. The quantitative estimate of drug-likeness (QED) is 0.883. The van der Waals surface area contributed by atoms with Crippen molar-refractivity contribution < 1.29 is 4.74 Å². The van der Waals surface area contributed by atoms with Gasteiger partial charge in [-0.05, 0) is 49.4 Å². The third-order valence-corrected chi connectivity index (χ3v) is 4.48. The minimum Gasteiger partial charge on any atom is -0.497 e. The molecule has 104 valence electrons. The minimum absolute atomic E-state index is 0.586. The van der Waals surface area contributed by atoms with E-state index in [9.17, 15) is 0 Å². The van der Waals surface area contributed by atoms with Crippen LogP contribution in [0.4, 0.5) is 0 Å². The fraction of sp³-hybridized carbons (Fsp3) is 0.625. The van der Waals surface area contributed by atoms with Gasteiger partial charge in [-0.1, -0.05) is 6.07 Å². The third-order valence-electron chi connectivity index (χ3n) is 4.48. The lowest BCUT2D eigenvalue weighted by molar-refractivity contribution is 0.135. The van der Waals surface area contributed by atoms with E-state index in [0.717, 1.165) is 25.4 Å². The van der Waals surface area contributed by atoms with Crippen LogP contribution in [0.5, 0.6) is 5.75 Å². The largest absolute Gasteiger partial charge is 0.497 e. The highest BCUT2D eigenvalue weighted by atomic mass is 16.5. The van der Waals surface area contributed by atoms with Crippen LogP contribution in [0.2, 0.25) is 0 Å². The van der Waals surface area contributed by atoms with E-state index in [1.165, 1.54) is 30.4 Å². The van der Waals surface area contributed by atoms with Gasteiger partial charge in [0, 0.05) is 31.7 Å². The first-order valence-electron chi connectivity index (χ1n) is 7.42. The average molecular weight is 260 g/mol. The van der Waals surface area contributed by atoms with Crippen molar-refractivity contribution in [2.24, 2.45) is 0 Å². The molecular weight excluding hydrogens is 236 g/mol. The van der Waals surface area contributed by atoms with Crippen LogP contribution >= 0.6 is 0 Å². The van der Waals surface area contributed by atoms with Gasteiger partial charge in [-0.25, -0.2) is 0 Å². The Hall–Kier alpha value is -1.06. The van der Waals surface area contributed by atoms with E-state index >= 15 is 0 Å². The van der Waals surface area contributed by atoms with Crippen molar-refractivity contribution in [3.05, 3.63) is 29.3 Å². The lowest BCUT2D eigenvalue weighted by Crippen LogP contribution is -2.50. The van der Waals surface area contributed by atoms with Crippen LogP contribution in [-0.4, -0.2) is 37.7 Å². The van der Waals surface area contributed by atoms with Gasteiger partial charge < -0.3 is 10.1 Å². The molecule has 2 aliphatic rings. The van der Waals surface area contributed by atoms with Crippen LogP contribution in [0.3, 0.4) is 0 Å². The summed E-state index contributed by atoms with van der Waals surface area (Å²) in [6.45, 7) is 5.70. The van der Waals surface area contributed by atoms with E-state index in [1.807, 2.05) is 0 Å². The lowest BCUT2D eigenvalue weighted by atomic mass is 9.86. The zero-order valence-corrected chi connectivity index (χ0v) is 12.0. The first-order chi connectivity index (χ1) is 9.28. The van der Waals surface area contributed by atoms with Crippen LogP contribution in [0.15, 0.2) is 18.2 Å². The van der Waals surface area contributed by atoms with Gasteiger partial charge in [0.25, 0.3) is 0 Å². The van der Waals surface area contributed by atoms with E-state index < -0.39 is 0 Å². The number of benzene rings is 1. The fourth-order valence-corrected chi connectivity index (χ4v) is 3.50. The maximum atomic E-state index is 5.41. The highest BCUT2D eigenvalue weighted by molar-refractivity contribution is 5.39. The molecule has 1 aliphatic carbocycles. The van der Waals surface area contributed by atoms with E-state index in [4.69, 9.17) is 4.74 Å². The van der Waals surface area contributed by atoms with Crippen LogP contribution < -0.4 is 10.1 Å². The van der Waals surface area contributed by atoms with Crippen LogP contribution in [0.1, 0.15) is 36.9 Å². The van der Waals surface area contributed by atoms with Gasteiger partial charge in [0.15, 0.2) is 0 Å².